The Bertz CT molecular complexity index is 951. The Hall–Kier alpha value is -3.12. The molecule has 2 N–H and O–H groups in total. The molecular formula is C23H25N3O2S. The summed E-state index contributed by atoms with van der Waals surface area (Å²) in [6.07, 6.45) is 3.90. The number of aromatic nitrogens is 1. The number of rotatable bonds is 10. The van der Waals surface area contributed by atoms with Crippen molar-refractivity contribution in [3.63, 3.8) is 0 Å². The fourth-order valence-corrected chi connectivity index (χ4v) is 3.37. The molecule has 3 aromatic rings. The van der Waals surface area contributed by atoms with E-state index in [-0.39, 0.29) is 5.91 Å². The van der Waals surface area contributed by atoms with Gasteiger partial charge in [0, 0.05) is 28.7 Å². The monoisotopic (exact) mass is 407 g/mol. The summed E-state index contributed by atoms with van der Waals surface area (Å²) < 4.78 is 5.64. The number of hydrogen-bond acceptors (Lipinski definition) is 5. The number of nitrogens with zero attached hydrogens (tertiary/aromatic N) is 1. The molecule has 2 aromatic carbocycles. The molecule has 0 fully saturated rings. The molecular weight excluding hydrogens is 382 g/mol. The smallest absolute Gasteiger partial charge is 0.255 e. The molecule has 5 nitrogen and oxygen atoms in total. The van der Waals surface area contributed by atoms with E-state index in [1.54, 1.807) is 18.2 Å². The van der Waals surface area contributed by atoms with Gasteiger partial charge in [0.15, 0.2) is 5.13 Å². The van der Waals surface area contributed by atoms with E-state index in [4.69, 9.17) is 4.74 Å². The molecule has 0 radical (unpaired) electrons. The number of hydrogen-bond donors (Lipinski definition) is 2. The van der Waals surface area contributed by atoms with Gasteiger partial charge < -0.3 is 15.4 Å². The zero-order valence-corrected chi connectivity index (χ0v) is 17.3. The molecule has 1 amide bonds. The molecule has 1 heterocycles. The number of carbonyl (C=O) groups excluding carboxylic acids is 1. The lowest BCUT2D eigenvalue weighted by molar-refractivity contribution is 0.102. The highest BCUT2D eigenvalue weighted by atomic mass is 32.1. The van der Waals surface area contributed by atoms with Gasteiger partial charge in [0.2, 0.25) is 0 Å². The molecule has 0 unspecified atom stereocenters. The zero-order chi connectivity index (χ0) is 20.5. The highest BCUT2D eigenvalue weighted by Gasteiger charge is 2.09. The van der Waals surface area contributed by atoms with Gasteiger partial charge in [0.25, 0.3) is 5.91 Å². The molecule has 0 atom stereocenters. The largest absolute Gasteiger partial charge is 0.494 e. The second-order valence-electron chi connectivity index (χ2n) is 6.47. The summed E-state index contributed by atoms with van der Waals surface area (Å²) in [4.78, 5) is 17.1. The number of carbonyl (C=O) groups is 1. The number of unbranched alkanes of at least 4 members (excludes halogenated alkanes) is 1. The van der Waals surface area contributed by atoms with Crippen molar-refractivity contribution in [2.75, 3.05) is 23.8 Å². The summed E-state index contributed by atoms with van der Waals surface area (Å²) >= 11 is 1.54. The molecule has 3 rings (SSSR count). The second kappa shape index (κ2) is 10.4. The van der Waals surface area contributed by atoms with E-state index >= 15 is 0 Å². The molecule has 0 saturated carbocycles. The van der Waals surface area contributed by atoms with E-state index in [2.05, 4.69) is 29.1 Å². The lowest BCUT2D eigenvalue weighted by atomic mass is 10.1. The van der Waals surface area contributed by atoms with Crippen molar-refractivity contribution in [2.24, 2.45) is 0 Å². The van der Waals surface area contributed by atoms with Crippen LogP contribution in [0.4, 0.5) is 10.8 Å². The zero-order valence-electron chi connectivity index (χ0n) is 16.5. The van der Waals surface area contributed by atoms with E-state index in [1.807, 2.05) is 41.8 Å². The van der Waals surface area contributed by atoms with Gasteiger partial charge in [-0.1, -0.05) is 31.6 Å². The van der Waals surface area contributed by atoms with Crippen molar-refractivity contribution in [1.82, 2.24) is 4.98 Å². The summed E-state index contributed by atoms with van der Waals surface area (Å²) in [6, 6.07) is 14.9. The molecule has 0 bridgehead atoms. The quantitative estimate of drug-likeness (QED) is 0.327. The summed E-state index contributed by atoms with van der Waals surface area (Å²) in [7, 11) is 0. The lowest BCUT2D eigenvalue weighted by Gasteiger charge is -2.08. The van der Waals surface area contributed by atoms with Crippen LogP contribution in [0.15, 0.2) is 66.6 Å². The van der Waals surface area contributed by atoms with Gasteiger partial charge in [-0.15, -0.1) is 17.9 Å². The molecule has 0 spiro atoms. The number of thiazole rings is 1. The third-order valence-electron chi connectivity index (χ3n) is 4.20. The molecule has 0 saturated heterocycles. The van der Waals surface area contributed by atoms with Crippen molar-refractivity contribution < 1.29 is 9.53 Å². The van der Waals surface area contributed by atoms with Crippen molar-refractivity contribution >= 4 is 28.1 Å². The first-order valence-electron chi connectivity index (χ1n) is 9.64. The highest BCUT2D eigenvalue weighted by molar-refractivity contribution is 7.14. The molecule has 0 aliphatic rings. The Morgan fingerprint density at radius 1 is 1.24 bits per heavy atom. The van der Waals surface area contributed by atoms with Gasteiger partial charge in [0.05, 0.1) is 12.3 Å². The maximum absolute atomic E-state index is 12.6. The standard InChI is InChI=1S/C23H25N3O2S/c1-3-5-14-28-20-11-9-17(10-12-20)22(27)25-19-8-6-7-18(15-19)21-16-29-23(26-21)24-13-4-2/h4,6-12,15-16H,2-3,5,13-14H2,1H3,(H,24,26)(H,25,27). The van der Waals surface area contributed by atoms with Gasteiger partial charge in [-0.3, -0.25) is 4.79 Å². The fourth-order valence-electron chi connectivity index (χ4n) is 2.64. The average Bonchev–Trinajstić information content (AvgIpc) is 3.22. The van der Waals surface area contributed by atoms with Crippen LogP contribution >= 0.6 is 11.3 Å². The first kappa shape index (κ1) is 20.6. The van der Waals surface area contributed by atoms with Gasteiger partial charge in [-0.05, 0) is 42.8 Å². The van der Waals surface area contributed by atoms with Crippen LogP contribution in [-0.2, 0) is 0 Å². The minimum atomic E-state index is -0.158. The lowest BCUT2D eigenvalue weighted by Crippen LogP contribution is -2.11. The number of anilines is 2. The Labute approximate surface area is 175 Å². The van der Waals surface area contributed by atoms with Gasteiger partial charge in [-0.25, -0.2) is 4.98 Å². The van der Waals surface area contributed by atoms with Crippen LogP contribution in [0.2, 0.25) is 0 Å². The predicted molar refractivity (Wildman–Crippen MR) is 121 cm³/mol. The van der Waals surface area contributed by atoms with Crippen LogP contribution in [0, 0.1) is 0 Å². The van der Waals surface area contributed by atoms with Gasteiger partial charge in [0.1, 0.15) is 5.75 Å². The third-order valence-corrected chi connectivity index (χ3v) is 5.00. The minimum Gasteiger partial charge on any atom is -0.494 e. The Balaban J connectivity index is 1.64. The molecule has 29 heavy (non-hydrogen) atoms. The van der Waals surface area contributed by atoms with E-state index in [1.165, 1.54) is 11.3 Å². The van der Waals surface area contributed by atoms with Crippen LogP contribution < -0.4 is 15.4 Å². The van der Waals surface area contributed by atoms with Gasteiger partial charge >= 0.3 is 0 Å². The van der Waals surface area contributed by atoms with E-state index < -0.39 is 0 Å². The van der Waals surface area contributed by atoms with Crippen molar-refractivity contribution in [3.05, 3.63) is 72.1 Å². The van der Waals surface area contributed by atoms with E-state index in [0.717, 1.165) is 40.7 Å². The molecule has 1 aromatic heterocycles. The first-order valence-corrected chi connectivity index (χ1v) is 10.5. The Morgan fingerprint density at radius 2 is 2.07 bits per heavy atom. The van der Waals surface area contributed by atoms with Crippen LogP contribution in [-0.4, -0.2) is 24.0 Å². The third kappa shape index (κ3) is 5.93. The SMILES string of the molecule is C=CCNc1nc(-c2cccc(NC(=O)c3ccc(OCCCC)cc3)c2)cs1. The molecule has 0 aliphatic heterocycles. The van der Waals surface area contributed by atoms with Gasteiger partial charge in [-0.2, -0.15) is 0 Å². The molecule has 0 aliphatic carbocycles. The first-order chi connectivity index (χ1) is 14.2. The van der Waals surface area contributed by atoms with Crippen LogP contribution in [0.5, 0.6) is 5.75 Å². The Kier molecular flexibility index (Phi) is 7.41. The molecule has 6 heteroatoms. The van der Waals surface area contributed by atoms with Crippen LogP contribution in [0.1, 0.15) is 30.1 Å². The highest BCUT2D eigenvalue weighted by Crippen LogP contribution is 2.27. The van der Waals surface area contributed by atoms with Crippen LogP contribution in [0.25, 0.3) is 11.3 Å². The van der Waals surface area contributed by atoms with E-state index in [0.29, 0.717) is 18.7 Å². The summed E-state index contributed by atoms with van der Waals surface area (Å²) in [5.41, 5.74) is 3.13. The fraction of sp³-hybridized carbons (Fsp3) is 0.217. The number of benzene rings is 2. The minimum absolute atomic E-state index is 0.158. The molecule has 150 valence electrons. The summed E-state index contributed by atoms with van der Waals surface area (Å²) in [6.45, 7) is 7.18. The Morgan fingerprint density at radius 3 is 2.83 bits per heavy atom. The predicted octanol–water partition coefficient (Wildman–Crippen LogP) is 5.84. The van der Waals surface area contributed by atoms with Crippen molar-refractivity contribution in [2.45, 2.75) is 19.8 Å². The average molecular weight is 408 g/mol. The van der Waals surface area contributed by atoms with Crippen molar-refractivity contribution in [3.8, 4) is 17.0 Å². The summed E-state index contributed by atoms with van der Waals surface area (Å²) in [5.74, 6) is 0.621. The second-order valence-corrected chi connectivity index (χ2v) is 7.33. The maximum atomic E-state index is 12.6. The van der Waals surface area contributed by atoms with Crippen molar-refractivity contribution in [1.29, 1.82) is 0 Å². The van der Waals surface area contributed by atoms with E-state index in [9.17, 15) is 4.79 Å². The number of amides is 1. The maximum Gasteiger partial charge on any atom is 0.255 e. The topological polar surface area (TPSA) is 63.2 Å². The number of nitrogens with one attached hydrogen (secondary N) is 2. The van der Waals surface area contributed by atoms with Crippen LogP contribution in [0.3, 0.4) is 0 Å². The normalized spacial score (nSPS) is 10.4. The summed E-state index contributed by atoms with van der Waals surface area (Å²) in [5, 5.41) is 8.96. The number of ether oxygens (including phenoxy) is 1.